The molecule has 2 aromatic carbocycles. The molecule has 2 fully saturated rings. The molecule has 2 aliphatic carbocycles. The van der Waals surface area contributed by atoms with Gasteiger partial charge < -0.3 is 15.0 Å². The predicted octanol–water partition coefficient (Wildman–Crippen LogP) is 6.31. The van der Waals surface area contributed by atoms with Gasteiger partial charge in [-0.1, -0.05) is 24.3 Å². The summed E-state index contributed by atoms with van der Waals surface area (Å²) in [5.74, 6) is 3.00. The molecular weight excluding hydrogens is 519 g/mol. The lowest BCUT2D eigenvalue weighted by atomic mass is 9.55. The topological polar surface area (TPSA) is 58.6 Å². The number of para-hydroxylation sites is 1. The third kappa shape index (κ3) is 5.60. The van der Waals surface area contributed by atoms with Crippen molar-refractivity contribution >= 4 is 46.8 Å². The lowest BCUT2D eigenvalue weighted by molar-refractivity contribution is -0.130. The standard InChI is InChI=1S/C31H36Cl2N2O3/c1-31-15-14-25-24-10-8-23(20-22(24)6-9-26(25)27(31)11-12-29(36)34-31)38-30(37)13-7-21-4-2-3-5-28(21)35(18-16-32)19-17-33/h2-5,7-8,10,13,20,25-27H,6,9,11-12,14-19H2,1H3,(H,34,36)/b13-7-. The highest BCUT2D eigenvalue weighted by atomic mass is 35.5. The number of aryl methyl sites for hydroxylation is 1. The Bertz CT molecular complexity index is 1210. The number of fused-ring (bicyclic) bond motifs is 5. The van der Waals surface area contributed by atoms with E-state index in [1.54, 1.807) is 6.08 Å². The molecule has 4 unspecified atom stereocenters. The van der Waals surface area contributed by atoms with Gasteiger partial charge in [0.1, 0.15) is 5.75 Å². The van der Waals surface area contributed by atoms with E-state index in [2.05, 4.69) is 23.2 Å². The van der Waals surface area contributed by atoms with Crippen LogP contribution in [0.4, 0.5) is 5.69 Å². The monoisotopic (exact) mass is 554 g/mol. The average Bonchev–Trinajstić information content (AvgIpc) is 2.91. The minimum Gasteiger partial charge on any atom is -0.423 e. The normalized spacial score (nSPS) is 26.2. The molecule has 0 spiro atoms. The Morgan fingerprint density at radius 2 is 1.89 bits per heavy atom. The number of anilines is 1. The molecule has 0 aromatic heterocycles. The van der Waals surface area contributed by atoms with E-state index in [0.717, 1.165) is 43.4 Å². The summed E-state index contributed by atoms with van der Waals surface area (Å²) in [4.78, 5) is 26.9. The van der Waals surface area contributed by atoms with Gasteiger partial charge in [0.2, 0.25) is 5.91 Å². The van der Waals surface area contributed by atoms with Crippen molar-refractivity contribution in [1.82, 2.24) is 5.32 Å². The van der Waals surface area contributed by atoms with Gasteiger partial charge in [0.25, 0.3) is 0 Å². The number of ether oxygens (including phenoxy) is 1. The number of benzene rings is 2. The molecule has 4 atom stereocenters. The summed E-state index contributed by atoms with van der Waals surface area (Å²) in [6.45, 7) is 3.59. The molecule has 1 heterocycles. The van der Waals surface area contributed by atoms with Gasteiger partial charge in [-0.05, 0) is 97.7 Å². The number of nitrogens with zero attached hydrogens (tertiary/aromatic N) is 1. The highest BCUT2D eigenvalue weighted by Crippen LogP contribution is 2.53. The molecular formula is C31H36Cl2N2O3. The Hall–Kier alpha value is -2.50. The number of rotatable bonds is 8. The summed E-state index contributed by atoms with van der Waals surface area (Å²) in [7, 11) is 0. The number of amides is 1. The predicted molar refractivity (Wildman–Crippen MR) is 154 cm³/mol. The van der Waals surface area contributed by atoms with Gasteiger partial charge in [-0.3, -0.25) is 4.79 Å². The zero-order valence-electron chi connectivity index (χ0n) is 21.9. The van der Waals surface area contributed by atoms with Crippen LogP contribution in [0.15, 0.2) is 48.5 Å². The van der Waals surface area contributed by atoms with Crippen LogP contribution in [0, 0.1) is 11.8 Å². The van der Waals surface area contributed by atoms with Crippen LogP contribution in [-0.2, 0) is 16.0 Å². The van der Waals surface area contributed by atoms with E-state index in [9.17, 15) is 9.59 Å². The molecule has 1 N–H and O–H groups in total. The first kappa shape index (κ1) is 27.1. The first-order valence-corrected chi connectivity index (χ1v) is 14.8. The van der Waals surface area contributed by atoms with Gasteiger partial charge in [0.15, 0.2) is 0 Å². The fraction of sp³-hybridized carbons (Fsp3) is 0.484. The SMILES string of the molecule is CC12CCC3c4ccc(OC(=O)/C=C\c5ccccc5N(CCCl)CCCl)cc4CCC3C1CCC(=O)N2. The third-order valence-corrected chi connectivity index (χ3v) is 9.14. The van der Waals surface area contributed by atoms with Crippen LogP contribution in [-0.4, -0.2) is 42.3 Å². The molecule has 38 heavy (non-hydrogen) atoms. The third-order valence-electron chi connectivity index (χ3n) is 8.80. The quantitative estimate of drug-likeness (QED) is 0.179. The molecule has 1 saturated heterocycles. The van der Waals surface area contributed by atoms with E-state index < -0.39 is 5.97 Å². The summed E-state index contributed by atoms with van der Waals surface area (Å²) < 4.78 is 5.72. The van der Waals surface area contributed by atoms with Crippen LogP contribution in [0.1, 0.15) is 61.6 Å². The van der Waals surface area contributed by atoms with E-state index in [1.165, 1.54) is 17.2 Å². The van der Waals surface area contributed by atoms with Crippen LogP contribution < -0.4 is 15.0 Å². The number of alkyl halides is 2. The minimum atomic E-state index is -0.402. The van der Waals surface area contributed by atoms with E-state index in [0.29, 0.717) is 54.8 Å². The van der Waals surface area contributed by atoms with Crippen LogP contribution in [0.5, 0.6) is 5.75 Å². The number of piperidine rings is 1. The van der Waals surface area contributed by atoms with Crippen molar-refractivity contribution in [1.29, 1.82) is 0 Å². The fourth-order valence-electron chi connectivity index (χ4n) is 7.08. The summed E-state index contributed by atoms with van der Waals surface area (Å²) >= 11 is 12.0. The van der Waals surface area contributed by atoms with Crippen LogP contribution in [0.2, 0.25) is 0 Å². The van der Waals surface area contributed by atoms with Crippen molar-refractivity contribution in [2.24, 2.45) is 11.8 Å². The second-order valence-electron chi connectivity index (χ2n) is 11.0. The minimum absolute atomic E-state index is 0.0700. The Labute approximate surface area is 235 Å². The second-order valence-corrected chi connectivity index (χ2v) is 11.8. The van der Waals surface area contributed by atoms with Crippen molar-refractivity contribution in [2.45, 2.75) is 56.9 Å². The summed E-state index contributed by atoms with van der Waals surface area (Å²) in [5, 5.41) is 3.31. The number of carbonyl (C=O) groups excluding carboxylic acids is 2. The average molecular weight is 556 g/mol. The lowest BCUT2D eigenvalue weighted by Gasteiger charge is -2.54. The fourth-order valence-corrected chi connectivity index (χ4v) is 7.49. The Morgan fingerprint density at radius 3 is 2.68 bits per heavy atom. The van der Waals surface area contributed by atoms with Crippen LogP contribution >= 0.6 is 23.2 Å². The smallest absolute Gasteiger partial charge is 0.336 e. The van der Waals surface area contributed by atoms with Crippen molar-refractivity contribution in [3.63, 3.8) is 0 Å². The maximum Gasteiger partial charge on any atom is 0.336 e. The number of hydrogen-bond acceptors (Lipinski definition) is 4. The maximum atomic E-state index is 12.7. The number of halogens is 2. The molecule has 3 aliphatic rings. The first-order chi connectivity index (χ1) is 18.4. The van der Waals surface area contributed by atoms with Crippen molar-refractivity contribution in [3.8, 4) is 5.75 Å². The molecule has 7 heteroatoms. The zero-order valence-corrected chi connectivity index (χ0v) is 23.4. The molecule has 0 radical (unpaired) electrons. The maximum absolute atomic E-state index is 12.7. The Balaban J connectivity index is 1.27. The van der Waals surface area contributed by atoms with Gasteiger partial charge in [0, 0.05) is 48.6 Å². The van der Waals surface area contributed by atoms with Gasteiger partial charge in [-0.25, -0.2) is 4.79 Å². The van der Waals surface area contributed by atoms with Gasteiger partial charge >= 0.3 is 5.97 Å². The van der Waals surface area contributed by atoms with Crippen molar-refractivity contribution in [2.75, 3.05) is 29.7 Å². The number of esters is 1. The largest absolute Gasteiger partial charge is 0.423 e. The zero-order chi connectivity index (χ0) is 26.7. The summed E-state index contributed by atoms with van der Waals surface area (Å²) in [6.07, 6.45) is 9.08. The highest BCUT2D eigenvalue weighted by molar-refractivity contribution is 6.18. The number of nitrogens with one attached hydrogen (secondary N) is 1. The van der Waals surface area contributed by atoms with E-state index in [1.807, 2.05) is 36.4 Å². The van der Waals surface area contributed by atoms with Gasteiger partial charge in [-0.15, -0.1) is 23.2 Å². The summed E-state index contributed by atoms with van der Waals surface area (Å²) in [5.41, 5.74) is 4.51. The van der Waals surface area contributed by atoms with E-state index >= 15 is 0 Å². The Morgan fingerprint density at radius 1 is 1.11 bits per heavy atom. The molecule has 5 nitrogen and oxygen atoms in total. The number of carbonyl (C=O) groups is 2. The highest BCUT2D eigenvalue weighted by Gasteiger charge is 2.50. The molecule has 5 rings (SSSR count). The van der Waals surface area contributed by atoms with Gasteiger partial charge in [-0.2, -0.15) is 0 Å². The summed E-state index contributed by atoms with van der Waals surface area (Å²) in [6, 6.07) is 14.0. The van der Waals surface area contributed by atoms with Crippen molar-refractivity contribution in [3.05, 3.63) is 65.2 Å². The van der Waals surface area contributed by atoms with Crippen LogP contribution in [0.25, 0.3) is 6.08 Å². The Kier molecular flexibility index (Phi) is 8.35. The van der Waals surface area contributed by atoms with E-state index in [-0.39, 0.29) is 11.4 Å². The molecule has 1 saturated carbocycles. The first-order valence-electron chi connectivity index (χ1n) is 13.7. The molecule has 1 amide bonds. The lowest BCUT2D eigenvalue weighted by Crippen LogP contribution is -2.60. The van der Waals surface area contributed by atoms with E-state index in [4.69, 9.17) is 27.9 Å². The second kappa shape index (κ2) is 11.7. The molecule has 1 aliphatic heterocycles. The van der Waals surface area contributed by atoms with Crippen LogP contribution in [0.3, 0.4) is 0 Å². The van der Waals surface area contributed by atoms with Crippen molar-refractivity contribution < 1.29 is 14.3 Å². The molecule has 202 valence electrons. The van der Waals surface area contributed by atoms with Gasteiger partial charge in [0.05, 0.1) is 0 Å². The molecule has 0 bridgehead atoms. The molecule has 2 aromatic rings. The number of hydrogen-bond donors (Lipinski definition) is 1.